The standard InChI is InChI=1S/C11H20O6/c1-4-7-11(6-3,8-5-2)15-10(14)17-16-9(12)13/h4-8H2,1-3H3,(H,12,13). The van der Waals surface area contributed by atoms with Crippen molar-refractivity contribution in [3.05, 3.63) is 0 Å². The molecule has 6 heteroatoms. The molecule has 0 fully saturated rings. The second-order valence-electron chi connectivity index (χ2n) is 3.82. The Morgan fingerprint density at radius 1 is 1.06 bits per heavy atom. The molecule has 0 radical (unpaired) electrons. The van der Waals surface area contributed by atoms with Gasteiger partial charge in [0, 0.05) is 0 Å². The highest BCUT2D eigenvalue weighted by Crippen LogP contribution is 2.28. The molecule has 0 amide bonds. The first kappa shape index (κ1) is 15.5. The van der Waals surface area contributed by atoms with Crippen LogP contribution in [0.25, 0.3) is 0 Å². The molecule has 0 unspecified atom stereocenters. The zero-order valence-corrected chi connectivity index (χ0v) is 10.5. The average Bonchev–Trinajstić information content (AvgIpc) is 2.27. The number of hydrogen-bond acceptors (Lipinski definition) is 5. The zero-order chi connectivity index (χ0) is 13.3. The Balaban J connectivity index is 4.39. The summed E-state index contributed by atoms with van der Waals surface area (Å²) in [6.07, 6.45) is 0.990. The molecule has 100 valence electrons. The monoisotopic (exact) mass is 248 g/mol. The van der Waals surface area contributed by atoms with E-state index in [0.29, 0.717) is 19.3 Å². The third-order valence-electron chi connectivity index (χ3n) is 2.54. The van der Waals surface area contributed by atoms with Crippen LogP contribution in [0.5, 0.6) is 0 Å². The van der Waals surface area contributed by atoms with Gasteiger partial charge in [0.1, 0.15) is 5.60 Å². The van der Waals surface area contributed by atoms with E-state index in [1.807, 2.05) is 20.8 Å². The van der Waals surface area contributed by atoms with E-state index >= 15 is 0 Å². The van der Waals surface area contributed by atoms with Crippen molar-refractivity contribution in [2.24, 2.45) is 0 Å². The van der Waals surface area contributed by atoms with E-state index in [1.165, 1.54) is 0 Å². The summed E-state index contributed by atoms with van der Waals surface area (Å²) in [5.74, 6) is 0. The Morgan fingerprint density at radius 3 is 1.94 bits per heavy atom. The highest BCUT2D eigenvalue weighted by molar-refractivity contribution is 5.62. The lowest BCUT2D eigenvalue weighted by molar-refractivity contribution is -0.225. The van der Waals surface area contributed by atoms with Gasteiger partial charge in [0.2, 0.25) is 0 Å². The predicted molar refractivity (Wildman–Crippen MR) is 59.5 cm³/mol. The Hall–Kier alpha value is -1.46. The number of rotatable bonds is 6. The molecule has 0 aromatic rings. The van der Waals surface area contributed by atoms with Crippen LogP contribution >= 0.6 is 0 Å². The van der Waals surface area contributed by atoms with Gasteiger partial charge in [0.05, 0.1) is 0 Å². The quantitative estimate of drug-likeness (QED) is 0.440. The van der Waals surface area contributed by atoms with E-state index in [4.69, 9.17) is 9.84 Å². The van der Waals surface area contributed by atoms with Crippen molar-refractivity contribution in [1.29, 1.82) is 0 Å². The summed E-state index contributed by atoms with van der Waals surface area (Å²) in [7, 11) is 0. The van der Waals surface area contributed by atoms with Crippen molar-refractivity contribution in [2.75, 3.05) is 0 Å². The Bertz CT molecular complexity index is 244. The molecule has 0 rings (SSSR count). The molecule has 0 spiro atoms. The number of hydrogen-bond donors (Lipinski definition) is 1. The van der Waals surface area contributed by atoms with Gasteiger partial charge in [-0.25, -0.2) is 9.68 Å². The van der Waals surface area contributed by atoms with Crippen LogP contribution < -0.4 is 0 Å². The molecule has 0 aromatic carbocycles. The van der Waals surface area contributed by atoms with E-state index in [9.17, 15) is 9.59 Å². The van der Waals surface area contributed by atoms with Gasteiger partial charge in [-0.2, -0.15) is 9.68 Å². The highest BCUT2D eigenvalue weighted by Gasteiger charge is 2.32. The van der Waals surface area contributed by atoms with E-state index in [-0.39, 0.29) is 0 Å². The van der Waals surface area contributed by atoms with E-state index in [1.54, 1.807) is 0 Å². The molecule has 0 saturated carbocycles. The Labute approximate surface area is 101 Å². The molecule has 0 atom stereocenters. The summed E-state index contributed by atoms with van der Waals surface area (Å²) < 4.78 is 5.17. The molecule has 0 aliphatic heterocycles. The summed E-state index contributed by atoms with van der Waals surface area (Å²) >= 11 is 0. The molecule has 0 saturated heterocycles. The van der Waals surface area contributed by atoms with Gasteiger partial charge in [-0.1, -0.05) is 33.6 Å². The molecule has 6 nitrogen and oxygen atoms in total. The molecule has 17 heavy (non-hydrogen) atoms. The van der Waals surface area contributed by atoms with Gasteiger partial charge in [0.15, 0.2) is 0 Å². The lowest BCUT2D eigenvalue weighted by Gasteiger charge is -2.31. The number of carbonyl (C=O) groups excluding carboxylic acids is 1. The van der Waals surface area contributed by atoms with Gasteiger partial charge in [-0.15, -0.1) is 0 Å². The SMILES string of the molecule is CCCC(CC)(CCC)OC(=O)OOC(=O)O. The first-order chi connectivity index (χ1) is 7.99. The normalized spacial score (nSPS) is 10.8. The van der Waals surface area contributed by atoms with Crippen molar-refractivity contribution in [2.45, 2.75) is 58.5 Å². The number of ether oxygens (including phenoxy) is 1. The molecule has 0 aliphatic carbocycles. The second kappa shape index (κ2) is 7.76. The van der Waals surface area contributed by atoms with Gasteiger partial charge in [0.25, 0.3) is 0 Å². The van der Waals surface area contributed by atoms with Crippen LogP contribution in [-0.2, 0) is 14.5 Å². The van der Waals surface area contributed by atoms with Crippen LogP contribution in [0.4, 0.5) is 9.59 Å². The van der Waals surface area contributed by atoms with Gasteiger partial charge in [-0.05, 0) is 19.3 Å². The van der Waals surface area contributed by atoms with Gasteiger partial charge in [-0.3, -0.25) is 0 Å². The summed E-state index contributed by atoms with van der Waals surface area (Å²) in [5, 5.41) is 8.17. The average molecular weight is 248 g/mol. The van der Waals surface area contributed by atoms with Gasteiger partial charge < -0.3 is 9.84 Å². The smallest absolute Gasteiger partial charge is 0.447 e. The summed E-state index contributed by atoms with van der Waals surface area (Å²) in [5.41, 5.74) is -0.595. The Morgan fingerprint density at radius 2 is 1.59 bits per heavy atom. The third-order valence-corrected chi connectivity index (χ3v) is 2.54. The first-order valence-electron chi connectivity index (χ1n) is 5.80. The minimum absolute atomic E-state index is 0.595. The predicted octanol–water partition coefficient (Wildman–Crippen LogP) is 3.50. The fraction of sp³-hybridized carbons (Fsp3) is 0.818. The van der Waals surface area contributed by atoms with Crippen molar-refractivity contribution in [3.63, 3.8) is 0 Å². The van der Waals surface area contributed by atoms with E-state index in [2.05, 4.69) is 9.78 Å². The zero-order valence-electron chi connectivity index (χ0n) is 10.5. The van der Waals surface area contributed by atoms with Crippen LogP contribution in [0.15, 0.2) is 0 Å². The number of carbonyl (C=O) groups is 2. The topological polar surface area (TPSA) is 82.1 Å². The van der Waals surface area contributed by atoms with E-state index < -0.39 is 17.9 Å². The maximum Gasteiger partial charge on any atom is 0.550 e. The summed E-state index contributed by atoms with van der Waals surface area (Å²) in [4.78, 5) is 29.0. The summed E-state index contributed by atoms with van der Waals surface area (Å²) in [6.45, 7) is 5.89. The molecule has 0 aromatic heterocycles. The van der Waals surface area contributed by atoms with Crippen LogP contribution in [-0.4, -0.2) is 23.0 Å². The maximum atomic E-state index is 11.2. The van der Waals surface area contributed by atoms with Crippen molar-refractivity contribution in [3.8, 4) is 0 Å². The minimum Gasteiger partial charge on any atom is -0.447 e. The fourth-order valence-electron chi connectivity index (χ4n) is 1.83. The molecule has 0 aliphatic rings. The lowest BCUT2D eigenvalue weighted by atomic mass is 9.90. The van der Waals surface area contributed by atoms with Crippen molar-refractivity contribution >= 4 is 12.3 Å². The summed E-state index contributed by atoms with van der Waals surface area (Å²) in [6, 6.07) is 0. The minimum atomic E-state index is -1.69. The maximum absolute atomic E-state index is 11.2. The highest BCUT2D eigenvalue weighted by atomic mass is 17.3. The lowest BCUT2D eigenvalue weighted by Crippen LogP contribution is -2.34. The molecule has 1 N–H and O–H groups in total. The van der Waals surface area contributed by atoms with Gasteiger partial charge >= 0.3 is 12.3 Å². The van der Waals surface area contributed by atoms with Crippen molar-refractivity contribution in [1.82, 2.24) is 0 Å². The van der Waals surface area contributed by atoms with Crippen LogP contribution in [0, 0.1) is 0 Å². The van der Waals surface area contributed by atoms with Crippen LogP contribution in [0.2, 0.25) is 0 Å². The van der Waals surface area contributed by atoms with Crippen LogP contribution in [0.3, 0.4) is 0 Å². The van der Waals surface area contributed by atoms with Crippen LogP contribution in [0.1, 0.15) is 52.9 Å². The fourth-order valence-corrected chi connectivity index (χ4v) is 1.83. The third kappa shape index (κ3) is 5.99. The largest absolute Gasteiger partial charge is 0.550 e. The Kier molecular flexibility index (Phi) is 7.09. The number of carboxylic acid groups (broad SMARTS) is 1. The second-order valence-corrected chi connectivity index (χ2v) is 3.82. The first-order valence-corrected chi connectivity index (χ1v) is 5.80. The molecule has 0 bridgehead atoms. The molecule has 0 heterocycles. The molecular formula is C11H20O6. The van der Waals surface area contributed by atoms with E-state index in [0.717, 1.165) is 12.8 Å². The van der Waals surface area contributed by atoms with Crippen molar-refractivity contribution < 1.29 is 29.2 Å². The molecular weight excluding hydrogens is 228 g/mol.